The minimum Gasteiger partial charge on any atom is -0.309 e. The molecule has 9 aromatic carbocycles. The number of para-hydroxylation sites is 1. The van der Waals surface area contributed by atoms with Crippen LogP contribution in [0.2, 0.25) is 0 Å². The molecule has 0 aliphatic rings. The van der Waals surface area contributed by atoms with E-state index in [1.165, 1.54) is 37.9 Å². The molecule has 0 N–H and O–H groups in total. The number of pyridine rings is 1. The predicted molar refractivity (Wildman–Crippen MR) is 231 cm³/mol. The van der Waals surface area contributed by atoms with Crippen molar-refractivity contribution in [2.24, 2.45) is 0 Å². The summed E-state index contributed by atoms with van der Waals surface area (Å²) in [6.45, 7) is 7.70. The van der Waals surface area contributed by atoms with Gasteiger partial charge in [-0.05, 0) is 104 Å². The zero-order valence-corrected chi connectivity index (χ0v) is 29.7. The van der Waals surface area contributed by atoms with Crippen molar-refractivity contribution in [1.29, 1.82) is 0 Å². The Bertz CT molecular complexity index is 3350. The third-order valence-corrected chi connectivity index (χ3v) is 11.1. The molecule has 55 heavy (non-hydrogen) atoms. The second kappa shape index (κ2) is 12.3. The maximum absolute atomic E-state index is 7.70. The monoisotopic (exact) mass is 697 g/mol. The fraction of sp³-hybridized carbons (Fsp3) is 0. The minimum atomic E-state index is 0.643. The molecule has 0 spiro atoms. The summed E-state index contributed by atoms with van der Waals surface area (Å²) >= 11 is 0. The van der Waals surface area contributed by atoms with E-state index in [0.717, 1.165) is 66.3 Å². The first-order chi connectivity index (χ1) is 27.2. The highest BCUT2D eigenvalue weighted by Crippen LogP contribution is 2.43. The Morgan fingerprint density at radius 2 is 1.04 bits per heavy atom. The fourth-order valence-electron chi connectivity index (χ4n) is 8.57. The third kappa shape index (κ3) is 4.93. The van der Waals surface area contributed by atoms with Gasteiger partial charge in [0.1, 0.15) is 0 Å². The first-order valence-corrected chi connectivity index (χ1v) is 18.6. The Hall–Kier alpha value is -7.54. The van der Waals surface area contributed by atoms with Crippen LogP contribution in [0.4, 0.5) is 5.69 Å². The molecule has 2 aromatic heterocycles. The highest BCUT2D eigenvalue weighted by atomic mass is 15.0. The van der Waals surface area contributed by atoms with Gasteiger partial charge in [-0.25, -0.2) is 9.83 Å². The zero-order valence-electron chi connectivity index (χ0n) is 29.7. The van der Waals surface area contributed by atoms with E-state index in [0.29, 0.717) is 5.69 Å². The van der Waals surface area contributed by atoms with Gasteiger partial charge in [0, 0.05) is 32.8 Å². The van der Waals surface area contributed by atoms with Gasteiger partial charge in [-0.3, -0.25) is 0 Å². The Kier molecular flexibility index (Phi) is 6.92. The van der Waals surface area contributed by atoms with E-state index in [4.69, 9.17) is 11.6 Å². The Labute approximate surface area is 317 Å². The lowest BCUT2D eigenvalue weighted by molar-refractivity contribution is 1.18. The van der Waals surface area contributed by atoms with Crippen molar-refractivity contribution in [3.63, 3.8) is 0 Å². The molecule has 3 nitrogen and oxygen atoms in total. The maximum atomic E-state index is 7.70. The number of aromatic nitrogens is 2. The van der Waals surface area contributed by atoms with E-state index in [1.807, 2.05) is 18.2 Å². The Morgan fingerprint density at radius 3 is 1.80 bits per heavy atom. The van der Waals surface area contributed by atoms with E-state index in [9.17, 15) is 0 Å². The summed E-state index contributed by atoms with van der Waals surface area (Å²) in [6.07, 6.45) is 0. The zero-order chi connectivity index (χ0) is 36.5. The Morgan fingerprint density at radius 1 is 0.418 bits per heavy atom. The average molecular weight is 698 g/mol. The summed E-state index contributed by atoms with van der Waals surface area (Å²) in [4.78, 5) is 9.13. The topological polar surface area (TPSA) is 22.2 Å². The van der Waals surface area contributed by atoms with Crippen molar-refractivity contribution in [3.8, 4) is 39.2 Å². The van der Waals surface area contributed by atoms with E-state index < -0.39 is 0 Å². The summed E-state index contributed by atoms with van der Waals surface area (Å²) < 4.78 is 2.29. The van der Waals surface area contributed by atoms with E-state index in [1.54, 1.807) is 0 Å². The number of hydrogen-bond donors (Lipinski definition) is 0. The van der Waals surface area contributed by atoms with Gasteiger partial charge >= 0.3 is 0 Å². The summed E-state index contributed by atoms with van der Waals surface area (Å²) in [6, 6.07) is 67.0. The molecule has 0 atom stereocenters. The van der Waals surface area contributed by atoms with Crippen molar-refractivity contribution in [2.45, 2.75) is 0 Å². The molecule has 254 valence electrons. The largest absolute Gasteiger partial charge is 0.309 e. The number of nitrogens with zero attached hydrogens (tertiary/aromatic N) is 3. The molecule has 0 saturated heterocycles. The molecular weight excluding hydrogens is 667 g/mol. The lowest BCUT2D eigenvalue weighted by Crippen LogP contribution is -1.93. The van der Waals surface area contributed by atoms with Crippen LogP contribution >= 0.6 is 0 Å². The van der Waals surface area contributed by atoms with Crippen LogP contribution in [-0.2, 0) is 0 Å². The summed E-state index contributed by atoms with van der Waals surface area (Å²) in [5, 5.41) is 10.6. The van der Waals surface area contributed by atoms with Crippen LogP contribution in [-0.4, -0.2) is 9.55 Å². The second-order valence-corrected chi connectivity index (χ2v) is 14.2. The van der Waals surface area contributed by atoms with Crippen LogP contribution in [0.3, 0.4) is 0 Å². The number of hydrogen-bond acceptors (Lipinski definition) is 1. The predicted octanol–water partition coefficient (Wildman–Crippen LogP) is 14.3. The molecule has 0 aliphatic carbocycles. The van der Waals surface area contributed by atoms with Gasteiger partial charge in [-0.1, -0.05) is 133 Å². The molecular formula is C52H31N3. The molecule has 11 rings (SSSR count). The number of benzene rings is 9. The van der Waals surface area contributed by atoms with Crippen LogP contribution in [0.15, 0.2) is 188 Å². The van der Waals surface area contributed by atoms with E-state index in [-0.39, 0.29) is 0 Å². The van der Waals surface area contributed by atoms with Crippen LogP contribution in [0.1, 0.15) is 0 Å². The van der Waals surface area contributed by atoms with Gasteiger partial charge in [0.15, 0.2) is 5.69 Å². The van der Waals surface area contributed by atoms with Crippen molar-refractivity contribution in [2.75, 3.05) is 0 Å². The first kappa shape index (κ1) is 31.0. The van der Waals surface area contributed by atoms with Gasteiger partial charge in [0.05, 0.1) is 28.8 Å². The van der Waals surface area contributed by atoms with Gasteiger partial charge in [0.25, 0.3) is 0 Å². The molecule has 0 fully saturated rings. The smallest absolute Gasteiger partial charge is 0.188 e. The third-order valence-electron chi connectivity index (χ3n) is 11.1. The van der Waals surface area contributed by atoms with Crippen molar-refractivity contribution in [3.05, 3.63) is 199 Å². The molecule has 11 aromatic rings. The van der Waals surface area contributed by atoms with Gasteiger partial charge in [0.2, 0.25) is 0 Å². The average Bonchev–Trinajstić information content (AvgIpc) is 3.58. The molecule has 0 aliphatic heterocycles. The van der Waals surface area contributed by atoms with Crippen molar-refractivity contribution >= 4 is 70.7 Å². The lowest BCUT2D eigenvalue weighted by atomic mass is 9.89. The molecule has 2 heterocycles. The summed E-state index contributed by atoms with van der Waals surface area (Å²) in [5.41, 5.74) is 11.7. The van der Waals surface area contributed by atoms with Gasteiger partial charge < -0.3 is 4.57 Å². The summed E-state index contributed by atoms with van der Waals surface area (Å²) in [7, 11) is 0. The molecule has 0 radical (unpaired) electrons. The standard InChI is InChI=1S/C52H31N3/c1-53-39-25-27-50-45(31-39)44-28-38(24-26-49(44)55(50)40-16-6-3-7-17-40)33-20-22-34(23-21-33)43-32-47-51(42-19-11-10-18-41(42)43)46-29-36-14-8-9-15-37(36)30-48(46)54-52(47)35-12-4-2-5-13-35/h2-32H. The maximum Gasteiger partial charge on any atom is 0.188 e. The van der Waals surface area contributed by atoms with Crippen LogP contribution in [0.25, 0.3) is 109 Å². The number of fused-ring (bicyclic) bond motifs is 9. The molecule has 0 unspecified atom stereocenters. The van der Waals surface area contributed by atoms with Crippen LogP contribution in [0, 0.1) is 6.57 Å². The van der Waals surface area contributed by atoms with Crippen molar-refractivity contribution < 1.29 is 0 Å². The lowest BCUT2D eigenvalue weighted by Gasteiger charge is -2.17. The molecule has 0 saturated carbocycles. The normalized spacial score (nSPS) is 11.6. The summed E-state index contributed by atoms with van der Waals surface area (Å²) in [5.74, 6) is 0. The van der Waals surface area contributed by atoms with Gasteiger partial charge in [-0.15, -0.1) is 0 Å². The molecule has 0 amide bonds. The Balaban J connectivity index is 1.10. The SMILES string of the molecule is [C-]#[N+]c1ccc2c(c1)c1cc(-c3ccc(-c4cc5c(-c6ccccc6)nc6cc7ccccc7cc6c5c5ccccc45)cc3)ccc1n2-c1ccccc1. The highest BCUT2D eigenvalue weighted by Gasteiger charge is 2.18. The molecule has 0 bridgehead atoms. The van der Waals surface area contributed by atoms with Crippen LogP contribution < -0.4 is 0 Å². The minimum absolute atomic E-state index is 0.643. The first-order valence-electron chi connectivity index (χ1n) is 18.6. The van der Waals surface area contributed by atoms with E-state index >= 15 is 0 Å². The fourth-order valence-corrected chi connectivity index (χ4v) is 8.57. The van der Waals surface area contributed by atoms with Gasteiger partial charge in [-0.2, -0.15) is 0 Å². The quantitative estimate of drug-likeness (QED) is 0.102. The number of rotatable bonds is 4. The van der Waals surface area contributed by atoms with Crippen molar-refractivity contribution in [1.82, 2.24) is 9.55 Å². The highest BCUT2D eigenvalue weighted by molar-refractivity contribution is 6.26. The second-order valence-electron chi connectivity index (χ2n) is 14.2. The molecule has 3 heteroatoms. The van der Waals surface area contributed by atoms with E-state index in [2.05, 4.69) is 179 Å². The van der Waals surface area contributed by atoms with Crippen LogP contribution in [0.5, 0.6) is 0 Å².